The molecule has 0 bridgehead atoms. The molecule has 0 spiro atoms. The SMILES string of the molecule is NNC(CCOc1ccccc1)Cc1ccc(Cl)cc1F. The predicted molar refractivity (Wildman–Crippen MR) is 82.8 cm³/mol. The normalized spacial score (nSPS) is 12.1. The second-order valence-electron chi connectivity index (χ2n) is 4.75. The number of nitrogens with two attached hydrogens (primary N) is 1. The molecule has 0 aliphatic heterocycles. The van der Waals surface area contributed by atoms with Crippen molar-refractivity contribution in [3.05, 3.63) is 64.9 Å². The van der Waals surface area contributed by atoms with Crippen molar-refractivity contribution >= 4 is 11.6 Å². The molecule has 0 saturated heterocycles. The van der Waals surface area contributed by atoms with Crippen molar-refractivity contribution in [2.45, 2.75) is 18.9 Å². The first-order valence-corrected chi connectivity index (χ1v) is 7.14. The summed E-state index contributed by atoms with van der Waals surface area (Å²) < 4.78 is 19.4. The topological polar surface area (TPSA) is 47.3 Å². The Labute approximate surface area is 128 Å². The highest BCUT2D eigenvalue weighted by molar-refractivity contribution is 6.30. The lowest BCUT2D eigenvalue weighted by Crippen LogP contribution is -2.38. The van der Waals surface area contributed by atoms with E-state index in [-0.39, 0.29) is 11.9 Å². The molecule has 0 fully saturated rings. The molecule has 0 aromatic heterocycles. The molecule has 0 heterocycles. The summed E-state index contributed by atoms with van der Waals surface area (Å²) in [6.07, 6.45) is 1.16. The van der Waals surface area contributed by atoms with E-state index in [1.165, 1.54) is 6.07 Å². The van der Waals surface area contributed by atoms with Gasteiger partial charge in [-0.1, -0.05) is 35.9 Å². The standard InChI is InChI=1S/C16H18ClFN2O/c17-13-7-6-12(16(18)11-13)10-14(20-19)8-9-21-15-4-2-1-3-5-15/h1-7,11,14,20H,8-10,19H2. The number of hydrazine groups is 1. The van der Waals surface area contributed by atoms with Crippen molar-refractivity contribution < 1.29 is 9.13 Å². The van der Waals surface area contributed by atoms with E-state index >= 15 is 0 Å². The first-order valence-electron chi connectivity index (χ1n) is 6.77. The third-order valence-electron chi connectivity index (χ3n) is 3.20. The van der Waals surface area contributed by atoms with Gasteiger partial charge < -0.3 is 4.74 Å². The van der Waals surface area contributed by atoms with E-state index < -0.39 is 0 Å². The highest BCUT2D eigenvalue weighted by atomic mass is 35.5. The van der Waals surface area contributed by atoms with Crippen molar-refractivity contribution in [3.8, 4) is 5.75 Å². The highest BCUT2D eigenvalue weighted by Gasteiger charge is 2.11. The van der Waals surface area contributed by atoms with Gasteiger partial charge in [-0.3, -0.25) is 11.3 Å². The molecular formula is C16H18ClFN2O. The van der Waals surface area contributed by atoms with Crippen molar-refractivity contribution in [1.29, 1.82) is 0 Å². The molecule has 2 aromatic carbocycles. The number of benzene rings is 2. The Morgan fingerprint density at radius 1 is 1.19 bits per heavy atom. The summed E-state index contributed by atoms with van der Waals surface area (Å²) in [5.41, 5.74) is 3.28. The van der Waals surface area contributed by atoms with E-state index in [4.69, 9.17) is 22.2 Å². The van der Waals surface area contributed by atoms with E-state index in [0.29, 0.717) is 30.0 Å². The van der Waals surface area contributed by atoms with Crippen molar-refractivity contribution in [3.63, 3.8) is 0 Å². The first kappa shape index (κ1) is 15.8. The Balaban J connectivity index is 1.85. The molecule has 21 heavy (non-hydrogen) atoms. The van der Waals surface area contributed by atoms with E-state index in [2.05, 4.69) is 5.43 Å². The largest absolute Gasteiger partial charge is 0.494 e. The monoisotopic (exact) mass is 308 g/mol. The minimum atomic E-state index is -0.313. The number of hydrogen-bond donors (Lipinski definition) is 2. The van der Waals surface area contributed by atoms with E-state index in [1.54, 1.807) is 12.1 Å². The second kappa shape index (κ2) is 7.98. The minimum absolute atomic E-state index is 0.0654. The summed E-state index contributed by atoms with van der Waals surface area (Å²) >= 11 is 5.74. The Kier molecular flexibility index (Phi) is 5.99. The Morgan fingerprint density at radius 2 is 1.95 bits per heavy atom. The molecular weight excluding hydrogens is 291 g/mol. The van der Waals surface area contributed by atoms with Gasteiger partial charge in [0.2, 0.25) is 0 Å². The fourth-order valence-corrected chi connectivity index (χ4v) is 2.19. The zero-order valence-corrected chi connectivity index (χ0v) is 12.3. The van der Waals surface area contributed by atoms with Crippen LogP contribution in [0.2, 0.25) is 5.02 Å². The van der Waals surface area contributed by atoms with Crippen LogP contribution in [0.5, 0.6) is 5.75 Å². The number of para-hydroxylation sites is 1. The number of hydrogen-bond acceptors (Lipinski definition) is 3. The summed E-state index contributed by atoms with van der Waals surface area (Å²) in [6.45, 7) is 0.508. The predicted octanol–water partition coefficient (Wildman–Crippen LogP) is 3.32. The average molecular weight is 309 g/mol. The molecule has 1 atom stereocenters. The van der Waals surface area contributed by atoms with Gasteiger partial charge in [0.1, 0.15) is 11.6 Å². The molecule has 0 radical (unpaired) electrons. The molecule has 3 N–H and O–H groups in total. The maximum Gasteiger partial charge on any atom is 0.127 e. The lowest BCUT2D eigenvalue weighted by molar-refractivity contribution is 0.284. The quantitative estimate of drug-likeness (QED) is 0.609. The summed E-state index contributed by atoms with van der Waals surface area (Å²) in [7, 11) is 0. The van der Waals surface area contributed by atoms with E-state index in [9.17, 15) is 4.39 Å². The van der Waals surface area contributed by atoms with Crippen LogP contribution in [0, 0.1) is 5.82 Å². The number of ether oxygens (including phenoxy) is 1. The van der Waals surface area contributed by atoms with Crippen molar-refractivity contribution in [2.75, 3.05) is 6.61 Å². The summed E-state index contributed by atoms with van der Waals surface area (Å²) in [4.78, 5) is 0. The van der Waals surface area contributed by atoms with Crippen LogP contribution in [-0.2, 0) is 6.42 Å². The van der Waals surface area contributed by atoms with Gasteiger partial charge in [0.15, 0.2) is 0 Å². The third kappa shape index (κ3) is 5.01. The first-order chi connectivity index (χ1) is 10.2. The van der Waals surface area contributed by atoms with Crippen LogP contribution in [0.4, 0.5) is 4.39 Å². The molecule has 5 heteroatoms. The molecule has 0 aliphatic carbocycles. The Hall–Kier alpha value is -1.62. The summed E-state index contributed by atoms with van der Waals surface area (Å²) in [5.74, 6) is 6.02. The van der Waals surface area contributed by atoms with Crippen LogP contribution in [0.25, 0.3) is 0 Å². The number of rotatable bonds is 7. The molecule has 0 aliphatic rings. The Morgan fingerprint density at radius 3 is 2.62 bits per heavy atom. The molecule has 2 aromatic rings. The van der Waals surface area contributed by atoms with Crippen molar-refractivity contribution in [2.24, 2.45) is 5.84 Å². The van der Waals surface area contributed by atoms with Gasteiger partial charge in [0, 0.05) is 11.1 Å². The molecule has 0 saturated carbocycles. The molecule has 1 unspecified atom stereocenters. The lowest BCUT2D eigenvalue weighted by atomic mass is 10.0. The van der Waals surface area contributed by atoms with Gasteiger partial charge in [0.05, 0.1) is 6.61 Å². The molecule has 112 valence electrons. The van der Waals surface area contributed by atoms with Crippen LogP contribution in [0.1, 0.15) is 12.0 Å². The molecule has 2 rings (SSSR count). The van der Waals surface area contributed by atoms with Gasteiger partial charge in [-0.2, -0.15) is 0 Å². The summed E-state index contributed by atoms with van der Waals surface area (Å²) in [6, 6.07) is 14.1. The minimum Gasteiger partial charge on any atom is -0.494 e. The average Bonchev–Trinajstić information content (AvgIpc) is 2.49. The summed E-state index contributed by atoms with van der Waals surface area (Å²) in [5, 5.41) is 0.390. The number of halogens is 2. The molecule has 3 nitrogen and oxygen atoms in total. The van der Waals surface area contributed by atoms with Gasteiger partial charge in [-0.05, 0) is 42.7 Å². The molecule has 0 amide bonds. The maximum absolute atomic E-state index is 13.7. The maximum atomic E-state index is 13.7. The Bertz CT molecular complexity index is 565. The van der Waals surface area contributed by atoms with Crippen LogP contribution in [-0.4, -0.2) is 12.6 Å². The van der Waals surface area contributed by atoms with E-state index in [0.717, 1.165) is 5.75 Å². The van der Waals surface area contributed by atoms with Gasteiger partial charge in [-0.15, -0.1) is 0 Å². The second-order valence-corrected chi connectivity index (χ2v) is 5.19. The smallest absolute Gasteiger partial charge is 0.127 e. The van der Waals surface area contributed by atoms with Gasteiger partial charge in [0.25, 0.3) is 0 Å². The fourth-order valence-electron chi connectivity index (χ4n) is 2.03. The fraction of sp³-hybridized carbons (Fsp3) is 0.250. The zero-order chi connectivity index (χ0) is 15.1. The van der Waals surface area contributed by atoms with Crippen LogP contribution < -0.4 is 16.0 Å². The number of nitrogens with one attached hydrogen (secondary N) is 1. The highest BCUT2D eigenvalue weighted by Crippen LogP contribution is 2.17. The lowest BCUT2D eigenvalue weighted by Gasteiger charge is -2.17. The van der Waals surface area contributed by atoms with Gasteiger partial charge in [-0.25, -0.2) is 4.39 Å². The van der Waals surface area contributed by atoms with Crippen LogP contribution in [0.3, 0.4) is 0 Å². The van der Waals surface area contributed by atoms with Crippen LogP contribution in [0.15, 0.2) is 48.5 Å². The van der Waals surface area contributed by atoms with Crippen molar-refractivity contribution in [1.82, 2.24) is 5.43 Å². The van der Waals surface area contributed by atoms with Crippen LogP contribution >= 0.6 is 11.6 Å². The third-order valence-corrected chi connectivity index (χ3v) is 3.43. The zero-order valence-electron chi connectivity index (χ0n) is 11.6. The van der Waals surface area contributed by atoms with E-state index in [1.807, 2.05) is 30.3 Å². The van der Waals surface area contributed by atoms with Gasteiger partial charge >= 0.3 is 0 Å².